The monoisotopic (exact) mass is 293 g/mol. The normalized spacial score (nSPS) is 10.4. The van der Waals surface area contributed by atoms with Crippen LogP contribution in [-0.2, 0) is 6.42 Å². The van der Waals surface area contributed by atoms with E-state index >= 15 is 0 Å². The first kappa shape index (κ1) is 14.3. The minimum atomic E-state index is -0.364. The molecule has 2 heterocycles. The molecule has 2 rings (SSSR count). The minimum absolute atomic E-state index is 0.329. The summed E-state index contributed by atoms with van der Waals surface area (Å²) in [7, 11) is 0. The summed E-state index contributed by atoms with van der Waals surface area (Å²) in [6.07, 6.45) is 2.40. The summed E-state index contributed by atoms with van der Waals surface area (Å²) < 4.78 is 0. The van der Waals surface area contributed by atoms with Gasteiger partial charge in [0.15, 0.2) is 5.82 Å². The third kappa shape index (κ3) is 3.08. The molecule has 0 spiro atoms. The second-order valence-corrected chi connectivity index (χ2v) is 4.82. The number of nitrogens with one attached hydrogen (secondary N) is 3. The molecule has 0 fully saturated rings. The molecule has 0 aliphatic heterocycles. The lowest BCUT2D eigenvalue weighted by atomic mass is 10.2. The van der Waals surface area contributed by atoms with Crippen LogP contribution in [0.1, 0.15) is 23.7 Å². The summed E-state index contributed by atoms with van der Waals surface area (Å²) in [4.78, 5) is 15.9. The molecule has 0 aliphatic rings. The van der Waals surface area contributed by atoms with Gasteiger partial charge in [-0.15, -0.1) is 0 Å². The lowest BCUT2D eigenvalue weighted by Crippen LogP contribution is -2.21. The molecule has 0 radical (unpaired) electrons. The number of carbonyl (C=O) groups excluding carboxylic acids is 1. The number of anilines is 2. The van der Waals surface area contributed by atoms with Crippen LogP contribution in [0.3, 0.4) is 0 Å². The SMILES string of the molecule is CCc1c(NC(=O)Nc2cc(Cl)ncc2C)n[nH]c1C. The van der Waals surface area contributed by atoms with E-state index in [0.717, 1.165) is 23.2 Å². The number of rotatable bonds is 3. The van der Waals surface area contributed by atoms with Crippen molar-refractivity contribution in [2.75, 3.05) is 10.6 Å². The lowest BCUT2D eigenvalue weighted by molar-refractivity contribution is 0.262. The number of aromatic nitrogens is 3. The topological polar surface area (TPSA) is 82.7 Å². The van der Waals surface area contributed by atoms with Gasteiger partial charge in [0.1, 0.15) is 5.15 Å². The molecule has 6 nitrogen and oxygen atoms in total. The average molecular weight is 294 g/mol. The van der Waals surface area contributed by atoms with Gasteiger partial charge in [0.25, 0.3) is 0 Å². The Labute approximate surface area is 121 Å². The second kappa shape index (κ2) is 5.92. The fourth-order valence-electron chi connectivity index (χ4n) is 1.88. The fraction of sp³-hybridized carbons (Fsp3) is 0.308. The lowest BCUT2D eigenvalue weighted by Gasteiger charge is -2.09. The van der Waals surface area contributed by atoms with Crippen LogP contribution < -0.4 is 10.6 Å². The van der Waals surface area contributed by atoms with Crippen molar-refractivity contribution in [1.29, 1.82) is 0 Å². The maximum absolute atomic E-state index is 12.0. The van der Waals surface area contributed by atoms with Gasteiger partial charge in [-0.05, 0) is 31.9 Å². The quantitative estimate of drug-likeness (QED) is 0.759. The number of H-pyrrole nitrogens is 1. The Morgan fingerprint density at radius 3 is 2.85 bits per heavy atom. The van der Waals surface area contributed by atoms with Gasteiger partial charge < -0.3 is 5.32 Å². The number of carbonyl (C=O) groups is 1. The number of hydrogen-bond donors (Lipinski definition) is 3. The molecule has 106 valence electrons. The first-order chi connectivity index (χ1) is 9.51. The third-order valence-electron chi connectivity index (χ3n) is 2.98. The first-order valence-electron chi connectivity index (χ1n) is 6.25. The Kier molecular flexibility index (Phi) is 4.24. The van der Waals surface area contributed by atoms with E-state index in [1.165, 1.54) is 0 Å². The van der Waals surface area contributed by atoms with Crippen LogP contribution >= 0.6 is 11.6 Å². The highest BCUT2D eigenvalue weighted by Crippen LogP contribution is 2.19. The standard InChI is InChI=1S/C13H16ClN5O/c1-4-9-8(3)18-19-12(9)17-13(20)16-10-5-11(14)15-6-7(10)2/h5-6H,4H2,1-3H3,(H3,15,16,17,18,19,20). The van der Waals surface area contributed by atoms with Crippen molar-refractivity contribution in [3.05, 3.63) is 34.2 Å². The van der Waals surface area contributed by atoms with Gasteiger partial charge in [0.05, 0.1) is 0 Å². The van der Waals surface area contributed by atoms with Crippen LogP contribution in [0.2, 0.25) is 5.15 Å². The van der Waals surface area contributed by atoms with Crippen molar-refractivity contribution >= 4 is 29.1 Å². The van der Waals surface area contributed by atoms with Gasteiger partial charge in [0, 0.05) is 23.1 Å². The fourth-order valence-corrected chi connectivity index (χ4v) is 2.04. The van der Waals surface area contributed by atoms with Crippen molar-refractivity contribution in [3.63, 3.8) is 0 Å². The minimum Gasteiger partial charge on any atom is -0.307 e. The third-order valence-corrected chi connectivity index (χ3v) is 3.18. The molecular formula is C13H16ClN5O. The maximum Gasteiger partial charge on any atom is 0.324 e. The smallest absolute Gasteiger partial charge is 0.307 e. The molecule has 0 bridgehead atoms. The van der Waals surface area contributed by atoms with E-state index in [1.54, 1.807) is 12.3 Å². The number of aromatic amines is 1. The van der Waals surface area contributed by atoms with Crippen LogP contribution in [0.15, 0.2) is 12.3 Å². The van der Waals surface area contributed by atoms with Gasteiger partial charge >= 0.3 is 6.03 Å². The summed E-state index contributed by atoms with van der Waals surface area (Å²) >= 11 is 5.81. The van der Waals surface area contributed by atoms with E-state index in [2.05, 4.69) is 25.8 Å². The maximum atomic E-state index is 12.0. The molecule has 0 unspecified atom stereocenters. The molecule has 0 aliphatic carbocycles. The van der Waals surface area contributed by atoms with E-state index in [4.69, 9.17) is 11.6 Å². The molecule has 0 saturated heterocycles. The Bertz CT molecular complexity index is 638. The number of urea groups is 1. The van der Waals surface area contributed by atoms with Crippen molar-refractivity contribution < 1.29 is 4.79 Å². The Morgan fingerprint density at radius 1 is 1.40 bits per heavy atom. The second-order valence-electron chi connectivity index (χ2n) is 4.43. The number of nitrogens with zero attached hydrogens (tertiary/aromatic N) is 2. The molecule has 2 aromatic heterocycles. The van der Waals surface area contributed by atoms with E-state index in [9.17, 15) is 4.79 Å². The molecule has 7 heteroatoms. The summed E-state index contributed by atoms with van der Waals surface area (Å²) in [6.45, 7) is 5.77. The van der Waals surface area contributed by atoms with Gasteiger partial charge in [-0.3, -0.25) is 10.4 Å². The molecule has 3 N–H and O–H groups in total. The molecular weight excluding hydrogens is 278 g/mol. The zero-order valence-electron chi connectivity index (χ0n) is 11.5. The van der Waals surface area contributed by atoms with Crippen molar-refractivity contribution in [3.8, 4) is 0 Å². The van der Waals surface area contributed by atoms with Crippen LogP contribution in [0.25, 0.3) is 0 Å². The summed E-state index contributed by atoms with van der Waals surface area (Å²) in [5.74, 6) is 0.542. The summed E-state index contributed by atoms with van der Waals surface area (Å²) in [5.41, 5.74) is 3.39. The average Bonchev–Trinajstić information content (AvgIpc) is 2.74. The van der Waals surface area contributed by atoms with Gasteiger partial charge in [0.2, 0.25) is 0 Å². The number of pyridine rings is 1. The van der Waals surface area contributed by atoms with E-state index < -0.39 is 0 Å². The predicted octanol–water partition coefficient (Wildman–Crippen LogP) is 3.28. The molecule has 0 saturated carbocycles. The zero-order valence-corrected chi connectivity index (χ0v) is 12.3. The highest BCUT2D eigenvalue weighted by molar-refractivity contribution is 6.29. The molecule has 20 heavy (non-hydrogen) atoms. The van der Waals surface area contributed by atoms with Gasteiger partial charge in [-0.1, -0.05) is 18.5 Å². The van der Waals surface area contributed by atoms with Crippen LogP contribution in [0.4, 0.5) is 16.3 Å². The number of hydrogen-bond acceptors (Lipinski definition) is 3. The number of amides is 2. The first-order valence-corrected chi connectivity index (χ1v) is 6.63. The summed E-state index contributed by atoms with van der Waals surface area (Å²) in [6, 6.07) is 1.24. The van der Waals surface area contributed by atoms with E-state index in [1.807, 2.05) is 20.8 Å². The van der Waals surface area contributed by atoms with Crippen LogP contribution in [0, 0.1) is 13.8 Å². The highest BCUT2D eigenvalue weighted by Gasteiger charge is 2.12. The van der Waals surface area contributed by atoms with Gasteiger partial charge in [-0.2, -0.15) is 5.10 Å². The largest absolute Gasteiger partial charge is 0.324 e. The number of halogens is 1. The van der Waals surface area contributed by atoms with Crippen molar-refractivity contribution in [1.82, 2.24) is 15.2 Å². The van der Waals surface area contributed by atoms with Gasteiger partial charge in [-0.25, -0.2) is 9.78 Å². The van der Waals surface area contributed by atoms with Crippen molar-refractivity contribution in [2.45, 2.75) is 27.2 Å². The zero-order chi connectivity index (χ0) is 14.7. The van der Waals surface area contributed by atoms with Crippen LogP contribution in [0.5, 0.6) is 0 Å². The van der Waals surface area contributed by atoms with Crippen LogP contribution in [-0.4, -0.2) is 21.2 Å². The molecule has 0 atom stereocenters. The van der Waals surface area contributed by atoms with E-state index in [0.29, 0.717) is 16.7 Å². The molecule has 2 aromatic rings. The Morgan fingerprint density at radius 2 is 2.15 bits per heavy atom. The highest BCUT2D eigenvalue weighted by atomic mass is 35.5. The van der Waals surface area contributed by atoms with Crippen molar-refractivity contribution in [2.24, 2.45) is 0 Å². The molecule has 0 aromatic carbocycles. The Balaban J connectivity index is 2.11. The predicted molar refractivity (Wildman–Crippen MR) is 79.3 cm³/mol. The Hall–Kier alpha value is -2.08. The summed E-state index contributed by atoms with van der Waals surface area (Å²) in [5, 5.41) is 12.7. The molecule has 2 amide bonds. The number of aryl methyl sites for hydroxylation is 2. The van der Waals surface area contributed by atoms with E-state index in [-0.39, 0.29) is 6.03 Å².